The number of carbonyl (C=O) groups excluding carboxylic acids is 1. The minimum absolute atomic E-state index is 0.0961. The molecule has 3 rings (SSSR count). The van der Waals surface area contributed by atoms with Gasteiger partial charge in [0.2, 0.25) is 5.91 Å². The van der Waals surface area contributed by atoms with E-state index in [1.165, 1.54) is 10.6 Å². The van der Waals surface area contributed by atoms with Crippen molar-refractivity contribution in [2.75, 3.05) is 0 Å². The van der Waals surface area contributed by atoms with E-state index < -0.39 is 0 Å². The SMILES string of the molecule is O=C(CCn1ccccc1=O)NCc1ccc(OCc2ccccn2)cc1. The first-order chi connectivity index (χ1) is 13.2. The van der Waals surface area contributed by atoms with Crippen LogP contribution in [-0.4, -0.2) is 15.5 Å². The van der Waals surface area contributed by atoms with Gasteiger partial charge in [0.05, 0.1) is 5.69 Å². The summed E-state index contributed by atoms with van der Waals surface area (Å²) in [7, 11) is 0. The normalized spacial score (nSPS) is 10.4. The van der Waals surface area contributed by atoms with E-state index in [1.54, 1.807) is 24.5 Å². The molecule has 27 heavy (non-hydrogen) atoms. The smallest absolute Gasteiger partial charge is 0.250 e. The van der Waals surface area contributed by atoms with Crippen LogP contribution in [0.2, 0.25) is 0 Å². The first kappa shape index (κ1) is 18.4. The third-order valence-corrected chi connectivity index (χ3v) is 4.00. The van der Waals surface area contributed by atoms with Crippen LogP contribution in [-0.2, 0) is 24.5 Å². The molecule has 2 aromatic heterocycles. The molecule has 0 saturated carbocycles. The van der Waals surface area contributed by atoms with Gasteiger partial charge in [-0.05, 0) is 35.9 Å². The Morgan fingerprint density at radius 1 is 1.04 bits per heavy atom. The van der Waals surface area contributed by atoms with Crippen molar-refractivity contribution in [1.82, 2.24) is 14.9 Å². The zero-order chi connectivity index (χ0) is 18.9. The number of aromatic nitrogens is 2. The van der Waals surface area contributed by atoms with Crippen molar-refractivity contribution in [2.24, 2.45) is 0 Å². The highest BCUT2D eigenvalue weighted by atomic mass is 16.5. The summed E-state index contributed by atoms with van der Waals surface area (Å²) in [5.74, 6) is 0.653. The lowest BCUT2D eigenvalue weighted by atomic mass is 10.2. The molecule has 0 bridgehead atoms. The summed E-state index contributed by atoms with van der Waals surface area (Å²) in [4.78, 5) is 27.8. The van der Waals surface area contributed by atoms with E-state index in [2.05, 4.69) is 10.3 Å². The van der Waals surface area contributed by atoms with Gasteiger partial charge in [-0.3, -0.25) is 14.6 Å². The van der Waals surface area contributed by atoms with Crippen molar-refractivity contribution in [3.8, 4) is 5.75 Å². The van der Waals surface area contributed by atoms with E-state index in [9.17, 15) is 9.59 Å². The van der Waals surface area contributed by atoms with Crippen LogP contribution in [0.25, 0.3) is 0 Å². The Labute approximate surface area is 157 Å². The molecule has 138 valence electrons. The second-order valence-corrected chi connectivity index (χ2v) is 6.01. The largest absolute Gasteiger partial charge is 0.487 e. The molecule has 1 N–H and O–H groups in total. The average molecular weight is 363 g/mol. The van der Waals surface area contributed by atoms with Crippen molar-refractivity contribution < 1.29 is 9.53 Å². The van der Waals surface area contributed by atoms with Crippen molar-refractivity contribution in [3.05, 3.63) is 94.7 Å². The van der Waals surface area contributed by atoms with Crippen LogP contribution >= 0.6 is 0 Å². The fourth-order valence-corrected chi connectivity index (χ4v) is 2.50. The average Bonchev–Trinajstić information content (AvgIpc) is 2.71. The highest BCUT2D eigenvalue weighted by Crippen LogP contribution is 2.13. The predicted molar refractivity (Wildman–Crippen MR) is 102 cm³/mol. The number of rotatable bonds is 8. The molecule has 0 saturated heterocycles. The van der Waals surface area contributed by atoms with Gasteiger partial charge in [0.25, 0.3) is 5.56 Å². The van der Waals surface area contributed by atoms with Gasteiger partial charge in [0.1, 0.15) is 12.4 Å². The second-order valence-electron chi connectivity index (χ2n) is 6.01. The number of hydrogen-bond donors (Lipinski definition) is 1. The molecule has 0 aliphatic rings. The number of carbonyl (C=O) groups is 1. The first-order valence-corrected chi connectivity index (χ1v) is 8.74. The second kappa shape index (κ2) is 9.33. The van der Waals surface area contributed by atoms with Crippen LogP contribution in [0.1, 0.15) is 17.7 Å². The molecular weight excluding hydrogens is 342 g/mol. The molecule has 0 aliphatic heterocycles. The molecule has 2 heterocycles. The number of aryl methyl sites for hydroxylation is 1. The van der Waals surface area contributed by atoms with Gasteiger partial charge >= 0.3 is 0 Å². The monoisotopic (exact) mass is 363 g/mol. The van der Waals surface area contributed by atoms with Crippen molar-refractivity contribution in [2.45, 2.75) is 26.1 Å². The number of hydrogen-bond acceptors (Lipinski definition) is 4. The number of benzene rings is 1. The molecule has 0 spiro atoms. The maximum Gasteiger partial charge on any atom is 0.250 e. The molecule has 0 radical (unpaired) electrons. The third kappa shape index (κ3) is 5.81. The van der Waals surface area contributed by atoms with Crippen LogP contribution in [0.5, 0.6) is 5.75 Å². The molecule has 6 heteroatoms. The minimum Gasteiger partial charge on any atom is -0.487 e. The van der Waals surface area contributed by atoms with Crippen molar-refractivity contribution in [3.63, 3.8) is 0 Å². The Morgan fingerprint density at radius 2 is 1.85 bits per heavy atom. The molecule has 3 aromatic rings. The van der Waals surface area contributed by atoms with Gasteiger partial charge in [-0.1, -0.05) is 24.3 Å². The van der Waals surface area contributed by atoms with E-state index in [4.69, 9.17) is 4.74 Å². The van der Waals surface area contributed by atoms with E-state index >= 15 is 0 Å². The third-order valence-electron chi connectivity index (χ3n) is 4.00. The standard InChI is InChI=1S/C21H21N3O3/c25-20(11-14-24-13-4-2-6-21(24)26)23-15-17-7-9-19(10-8-17)27-16-18-5-1-3-12-22-18/h1-10,12-13H,11,14-16H2,(H,23,25). The molecular formula is C21H21N3O3. The van der Waals surface area contributed by atoms with Gasteiger partial charge in [0, 0.05) is 38.0 Å². The Balaban J connectivity index is 1.42. The quantitative estimate of drug-likeness (QED) is 0.667. The highest BCUT2D eigenvalue weighted by Gasteiger charge is 2.03. The fraction of sp³-hybridized carbons (Fsp3) is 0.190. The summed E-state index contributed by atoms with van der Waals surface area (Å²) in [6, 6.07) is 18.2. The summed E-state index contributed by atoms with van der Waals surface area (Å²) in [6.07, 6.45) is 3.67. The predicted octanol–water partition coefficient (Wildman–Crippen LogP) is 2.53. The summed E-state index contributed by atoms with van der Waals surface area (Å²) in [6.45, 7) is 1.21. The maximum absolute atomic E-state index is 12.0. The van der Waals surface area contributed by atoms with Crippen LogP contribution < -0.4 is 15.6 Å². The Morgan fingerprint density at radius 3 is 2.59 bits per heavy atom. The molecule has 0 aliphatic carbocycles. The summed E-state index contributed by atoms with van der Waals surface area (Å²) in [5, 5.41) is 2.86. The first-order valence-electron chi connectivity index (χ1n) is 8.74. The Hall–Kier alpha value is -3.41. The highest BCUT2D eigenvalue weighted by molar-refractivity contribution is 5.75. The number of pyridine rings is 2. The molecule has 1 aromatic carbocycles. The minimum atomic E-state index is -0.105. The summed E-state index contributed by atoms with van der Waals surface area (Å²) < 4.78 is 7.21. The molecule has 1 amide bonds. The molecule has 0 atom stereocenters. The zero-order valence-corrected chi connectivity index (χ0v) is 14.9. The number of nitrogens with zero attached hydrogens (tertiary/aromatic N) is 2. The van der Waals surface area contributed by atoms with Crippen LogP contribution in [0.4, 0.5) is 0 Å². The Kier molecular flexibility index (Phi) is 6.35. The van der Waals surface area contributed by atoms with E-state index in [1.807, 2.05) is 42.5 Å². The maximum atomic E-state index is 12.0. The fourth-order valence-electron chi connectivity index (χ4n) is 2.50. The number of ether oxygens (including phenoxy) is 1. The molecule has 0 unspecified atom stereocenters. The summed E-state index contributed by atoms with van der Waals surface area (Å²) >= 11 is 0. The van der Waals surface area contributed by atoms with E-state index in [0.717, 1.165) is 17.0 Å². The number of amides is 1. The lowest BCUT2D eigenvalue weighted by molar-refractivity contribution is -0.121. The number of nitrogens with one attached hydrogen (secondary N) is 1. The Bertz CT molecular complexity index is 921. The van der Waals surface area contributed by atoms with E-state index in [-0.39, 0.29) is 17.9 Å². The molecule has 0 fully saturated rings. The van der Waals surface area contributed by atoms with Gasteiger partial charge in [-0.25, -0.2) is 0 Å². The lowest BCUT2D eigenvalue weighted by Crippen LogP contribution is -2.26. The summed E-state index contributed by atoms with van der Waals surface area (Å²) in [5.41, 5.74) is 1.74. The lowest BCUT2D eigenvalue weighted by Gasteiger charge is -2.09. The van der Waals surface area contributed by atoms with Crippen LogP contribution in [0, 0.1) is 0 Å². The van der Waals surface area contributed by atoms with Gasteiger partial charge in [0.15, 0.2) is 0 Å². The van der Waals surface area contributed by atoms with Crippen LogP contribution in [0.15, 0.2) is 77.9 Å². The topological polar surface area (TPSA) is 73.2 Å². The van der Waals surface area contributed by atoms with Crippen molar-refractivity contribution >= 4 is 5.91 Å². The zero-order valence-electron chi connectivity index (χ0n) is 14.9. The van der Waals surface area contributed by atoms with Gasteiger partial charge in [-0.2, -0.15) is 0 Å². The van der Waals surface area contributed by atoms with Gasteiger partial charge in [-0.15, -0.1) is 0 Å². The van der Waals surface area contributed by atoms with Gasteiger partial charge < -0.3 is 14.6 Å². The molecule has 6 nitrogen and oxygen atoms in total. The van der Waals surface area contributed by atoms with Crippen molar-refractivity contribution in [1.29, 1.82) is 0 Å². The van der Waals surface area contributed by atoms with E-state index in [0.29, 0.717) is 19.7 Å². The van der Waals surface area contributed by atoms with Crippen LogP contribution in [0.3, 0.4) is 0 Å².